The van der Waals surface area contributed by atoms with E-state index in [1.807, 2.05) is 0 Å². The Hall–Kier alpha value is -5.55. The van der Waals surface area contributed by atoms with E-state index < -0.39 is 0 Å². The van der Waals surface area contributed by atoms with Gasteiger partial charge in [0.1, 0.15) is 5.52 Å². The second kappa shape index (κ2) is 16.0. The first-order chi connectivity index (χ1) is 33.2. The highest BCUT2D eigenvalue weighted by Gasteiger charge is 2.62. The fourth-order valence-corrected chi connectivity index (χ4v) is 14.1. The van der Waals surface area contributed by atoms with E-state index in [2.05, 4.69) is 182 Å². The fourth-order valence-electron chi connectivity index (χ4n) is 14.1. The van der Waals surface area contributed by atoms with Crippen molar-refractivity contribution >= 4 is 62.6 Å². The molecule has 0 saturated heterocycles. The second-order valence-electron chi connectivity index (χ2n) is 23.9. The Morgan fingerprint density at radius 1 is 0.667 bits per heavy atom. The molecule has 5 heteroatoms. The number of nitrogens with zero attached hydrogens (tertiary/aromatic N) is 3. The van der Waals surface area contributed by atoms with E-state index in [0.29, 0.717) is 11.8 Å². The average Bonchev–Trinajstić information content (AvgIpc) is 3.86. The molecule has 0 amide bonds. The molecule has 5 aliphatic rings. The Balaban J connectivity index is 1.13. The van der Waals surface area contributed by atoms with Crippen molar-refractivity contribution in [3.05, 3.63) is 137 Å². The highest BCUT2D eigenvalue weighted by Crippen LogP contribution is 2.63. The van der Waals surface area contributed by atoms with Crippen molar-refractivity contribution in [2.45, 2.75) is 174 Å². The van der Waals surface area contributed by atoms with Crippen LogP contribution >= 0.6 is 0 Å². The molecule has 4 heterocycles. The number of benzene rings is 6. The van der Waals surface area contributed by atoms with Crippen molar-refractivity contribution in [2.24, 2.45) is 0 Å². The number of hydrogen-bond acceptors (Lipinski definition) is 4. The van der Waals surface area contributed by atoms with Crippen LogP contribution in [0.4, 0.5) is 28.4 Å². The third-order valence-electron chi connectivity index (χ3n) is 18.6. The molecular weight excluding hydrogens is 838 g/mol. The van der Waals surface area contributed by atoms with Crippen molar-refractivity contribution in [2.75, 3.05) is 9.80 Å². The highest BCUT2D eigenvalue weighted by molar-refractivity contribution is 7.00. The van der Waals surface area contributed by atoms with E-state index in [1.165, 1.54) is 149 Å². The maximum Gasteiger partial charge on any atom is 0.252 e. The van der Waals surface area contributed by atoms with Gasteiger partial charge in [0.05, 0.1) is 5.54 Å². The third-order valence-corrected chi connectivity index (χ3v) is 18.6. The highest BCUT2D eigenvalue weighted by atomic mass is 16.3. The summed E-state index contributed by atoms with van der Waals surface area (Å²) in [6, 6.07) is 40.2. The Bertz CT molecular complexity index is 3180. The van der Waals surface area contributed by atoms with Crippen LogP contribution in [-0.4, -0.2) is 17.2 Å². The number of anilines is 5. The lowest BCUT2D eigenvalue weighted by atomic mass is 9.33. The number of oxazole rings is 1. The minimum absolute atomic E-state index is 0.0403. The Labute approximate surface area is 413 Å². The fraction of sp³-hybridized carbons (Fsp3) is 0.422. The lowest BCUT2D eigenvalue weighted by molar-refractivity contribution is 0.194. The summed E-state index contributed by atoms with van der Waals surface area (Å²) in [6.45, 7) is 24.5. The van der Waals surface area contributed by atoms with Crippen molar-refractivity contribution < 1.29 is 4.42 Å². The van der Waals surface area contributed by atoms with Gasteiger partial charge in [0.25, 0.3) is 6.71 Å². The van der Waals surface area contributed by atoms with Gasteiger partial charge in [-0.1, -0.05) is 148 Å². The van der Waals surface area contributed by atoms with Gasteiger partial charge < -0.3 is 14.2 Å². The Morgan fingerprint density at radius 3 is 2.09 bits per heavy atom. The zero-order chi connectivity index (χ0) is 47.8. The van der Waals surface area contributed by atoms with Crippen LogP contribution < -0.4 is 26.2 Å². The van der Waals surface area contributed by atoms with Crippen LogP contribution in [-0.2, 0) is 22.7 Å². The van der Waals surface area contributed by atoms with Crippen LogP contribution in [0.15, 0.2) is 108 Å². The predicted molar refractivity (Wildman–Crippen MR) is 294 cm³/mol. The van der Waals surface area contributed by atoms with E-state index in [-0.39, 0.29) is 28.5 Å². The number of aromatic nitrogens is 1. The number of unbranched alkanes of at least 4 members (excludes halogenated alkanes) is 2. The lowest BCUT2D eigenvalue weighted by Crippen LogP contribution is -2.64. The van der Waals surface area contributed by atoms with Gasteiger partial charge in [-0.3, -0.25) is 0 Å². The van der Waals surface area contributed by atoms with Crippen molar-refractivity contribution in [1.29, 1.82) is 0 Å². The van der Waals surface area contributed by atoms with Gasteiger partial charge in [-0.2, -0.15) is 0 Å². The smallest absolute Gasteiger partial charge is 0.252 e. The molecule has 0 radical (unpaired) electrons. The molecule has 4 nitrogen and oxygen atoms in total. The molecule has 7 aromatic rings. The van der Waals surface area contributed by atoms with Gasteiger partial charge in [0.2, 0.25) is 5.89 Å². The molecule has 1 saturated carbocycles. The number of aryl methyl sites for hydroxylation is 2. The van der Waals surface area contributed by atoms with Gasteiger partial charge in [0.15, 0.2) is 5.58 Å². The molecule has 3 unspecified atom stereocenters. The molecule has 1 aromatic heterocycles. The largest absolute Gasteiger partial charge is 0.436 e. The normalized spacial score (nSPS) is 21.7. The molecular formula is C64H72BN3O. The van der Waals surface area contributed by atoms with Gasteiger partial charge in [-0.05, 0) is 179 Å². The third kappa shape index (κ3) is 6.64. The van der Waals surface area contributed by atoms with Crippen molar-refractivity contribution in [1.82, 2.24) is 4.98 Å². The molecule has 2 aliphatic carbocycles. The Morgan fingerprint density at radius 2 is 1.35 bits per heavy atom. The lowest BCUT2D eigenvalue weighted by Gasteiger charge is -2.53. The van der Waals surface area contributed by atoms with E-state index in [9.17, 15) is 0 Å². The summed E-state index contributed by atoms with van der Waals surface area (Å²) in [4.78, 5) is 11.0. The summed E-state index contributed by atoms with van der Waals surface area (Å²) in [7, 11) is 0. The van der Waals surface area contributed by atoms with Crippen molar-refractivity contribution in [3.63, 3.8) is 0 Å². The Kier molecular flexibility index (Phi) is 10.3. The number of hydrogen-bond donors (Lipinski definition) is 0. The number of rotatable bonds is 10. The van der Waals surface area contributed by atoms with E-state index in [0.717, 1.165) is 23.1 Å². The summed E-state index contributed by atoms with van der Waals surface area (Å²) in [6.07, 6.45) is 14.5. The molecule has 1 fully saturated rings. The maximum atomic E-state index is 6.94. The van der Waals surface area contributed by atoms with E-state index >= 15 is 0 Å². The summed E-state index contributed by atoms with van der Waals surface area (Å²) in [5.41, 5.74) is 25.2. The zero-order valence-corrected chi connectivity index (χ0v) is 43.2. The van der Waals surface area contributed by atoms with Gasteiger partial charge in [-0.15, -0.1) is 0 Å². The average molecular weight is 910 g/mol. The van der Waals surface area contributed by atoms with Crippen LogP contribution in [0.1, 0.15) is 172 Å². The molecule has 12 rings (SSSR count). The number of fused-ring (bicyclic) bond motifs is 9. The quantitative estimate of drug-likeness (QED) is 0.128. The first-order valence-electron chi connectivity index (χ1n) is 26.9. The zero-order valence-electron chi connectivity index (χ0n) is 43.2. The predicted octanol–water partition coefficient (Wildman–Crippen LogP) is 15.8. The first-order valence-corrected chi connectivity index (χ1v) is 26.9. The molecule has 352 valence electrons. The van der Waals surface area contributed by atoms with Crippen LogP contribution in [0.5, 0.6) is 0 Å². The standard InChI is InChI=1S/C64H72BN3O/c1-11-13-17-41(4)46-35-54-58-55(36-46)68-59-50(30-27-44(18-14-12-2)57(59)63(9)31-15-16-32-64(63,68)10)65(58)51-38-56-52(66-60(69-56)45-25-23-43(24-26-45)42-21-19-40(3)20-22-42)39-53(51)67(54)47-28-29-48-49(37-47)62(7,8)34-33-61(48,5)6/h19-30,35-39,41H,11-18,31-34H2,1-10H3. The summed E-state index contributed by atoms with van der Waals surface area (Å²) in [5.74, 6) is 1.10. The van der Waals surface area contributed by atoms with E-state index in [4.69, 9.17) is 9.40 Å². The van der Waals surface area contributed by atoms with Crippen LogP contribution in [0.25, 0.3) is 33.7 Å². The minimum Gasteiger partial charge on any atom is -0.436 e. The molecule has 0 N–H and O–H groups in total. The van der Waals surface area contributed by atoms with Gasteiger partial charge in [0, 0.05) is 39.4 Å². The molecule has 0 spiro atoms. The van der Waals surface area contributed by atoms with Crippen LogP contribution in [0, 0.1) is 6.92 Å². The summed E-state index contributed by atoms with van der Waals surface area (Å²) >= 11 is 0. The second-order valence-corrected chi connectivity index (χ2v) is 23.9. The van der Waals surface area contributed by atoms with Gasteiger partial charge in [-0.25, -0.2) is 4.98 Å². The topological polar surface area (TPSA) is 32.5 Å². The van der Waals surface area contributed by atoms with Gasteiger partial charge >= 0.3 is 0 Å². The first kappa shape index (κ1) is 44.6. The van der Waals surface area contributed by atoms with E-state index in [1.54, 1.807) is 11.1 Å². The molecule has 69 heavy (non-hydrogen) atoms. The molecule has 3 aliphatic heterocycles. The monoisotopic (exact) mass is 910 g/mol. The van der Waals surface area contributed by atoms with Crippen molar-refractivity contribution in [3.8, 4) is 22.6 Å². The summed E-state index contributed by atoms with van der Waals surface area (Å²) in [5, 5.41) is 0. The van der Waals surface area contributed by atoms with Crippen LogP contribution in [0.2, 0.25) is 0 Å². The maximum absolute atomic E-state index is 6.94. The molecule has 6 aromatic carbocycles. The molecule has 3 atom stereocenters. The SMILES string of the molecule is CCCCc1ccc2c3c1C1(C)CCCCC1(C)N3c1cc(C(C)CCCC)cc3c1B2c1cc2oc(-c4ccc(-c5ccc(C)cc5)cc4)nc2cc1N3c1ccc2c(c1)C(C)(C)CCC2(C)C. The van der Waals surface area contributed by atoms with Crippen LogP contribution in [0.3, 0.4) is 0 Å². The molecule has 0 bridgehead atoms. The minimum atomic E-state index is -0.0417. The summed E-state index contributed by atoms with van der Waals surface area (Å²) < 4.78 is 6.94.